The van der Waals surface area contributed by atoms with E-state index in [1.54, 1.807) is 6.21 Å². The Labute approximate surface area is 157 Å². The van der Waals surface area contributed by atoms with Crippen molar-refractivity contribution in [3.05, 3.63) is 64.7 Å². The maximum absolute atomic E-state index is 11.8. The second-order valence-corrected chi connectivity index (χ2v) is 7.07. The van der Waals surface area contributed by atoms with E-state index in [0.29, 0.717) is 10.8 Å². The van der Waals surface area contributed by atoms with E-state index >= 15 is 0 Å². The van der Waals surface area contributed by atoms with Crippen molar-refractivity contribution in [2.45, 2.75) is 25.7 Å². The molecule has 0 bridgehead atoms. The van der Waals surface area contributed by atoms with E-state index < -0.39 is 0 Å². The molecular weight excluding hydrogens is 356 g/mol. The standard InChI is InChI=1S/C19H21ClN2O2S/c1-14(2)24-18-8-6-15(7-9-18)11-21-22-19(23)13-25-12-16-4-3-5-17(20)10-16/h3-11,14H,12-13H2,1-2H3,(H,22,23). The maximum atomic E-state index is 11.8. The molecule has 0 unspecified atom stereocenters. The minimum absolute atomic E-state index is 0.136. The van der Waals surface area contributed by atoms with Gasteiger partial charge in [-0.3, -0.25) is 4.79 Å². The molecule has 2 rings (SSSR count). The van der Waals surface area contributed by atoms with Crippen LogP contribution in [0.2, 0.25) is 5.02 Å². The summed E-state index contributed by atoms with van der Waals surface area (Å²) in [4.78, 5) is 11.8. The van der Waals surface area contributed by atoms with Gasteiger partial charge in [0.15, 0.2) is 0 Å². The topological polar surface area (TPSA) is 50.7 Å². The molecule has 0 heterocycles. The fourth-order valence-electron chi connectivity index (χ4n) is 2.00. The average molecular weight is 377 g/mol. The number of hydrogen-bond acceptors (Lipinski definition) is 4. The molecule has 0 fully saturated rings. The van der Waals surface area contributed by atoms with Crippen molar-refractivity contribution in [2.75, 3.05) is 5.75 Å². The lowest BCUT2D eigenvalue weighted by Crippen LogP contribution is -2.19. The highest BCUT2D eigenvalue weighted by atomic mass is 35.5. The predicted molar refractivity (Wildman–Crippen MR) is 106 cm³/mol. The fourth-order valence-corrected chi connectivity index (χ4v) is 2.98. The van der Waals surface area contributed by atoms with Gasteiger partial charge in [0.25, 0.3) is 0 Å². The minimum Gasteiger partial charge on any atom is -0.491 e. The van der Waals surface area contributed by atoms with E-state index in [9.17, 15) is 4.79 Å². The summed E-state index contributed by atoms with van der Waals surface area (Å²) in [5, 5.41) is 4.68. The third kappa shape index (κ3) is 7.63. The highest BCUT2D eigenvalue weighted by Gasteiger charge is 2.01. The molecule has 0 aliphatic heterocycles. The fraction of sp³-hybridized carbons (Fsp3) is 0.263. The summed E-state index contributed by atoms with van der Waals surface area (Å²) >= 11 is 7.45. The lowest BCUT2D eigenvalue weighted by atomic mass is 10.2. The zero-order chi connectivity index (χ0) is 18.1. The van der Waals surface area contributed by atoms with Crippen LogP contribution in [0.5, 0.6) is 5.75 Å². The quantitative estimate of drug-likeness (QED) is 0.544. The van der Waals surface area contributed by atoms with Gasteiger partial charge in [-0.25, -0.2) is 5.43 Å². The molecule has 0 radical (unpaired) electrons. The van der Waals surface area contributed by atoms with E-state index in [-0.39, 0.29) is 12.0 Å². The number of benzene rings is 2. The Morgan fingerprint density at radius 3 is 2.72 bits per heavy atom. The summed E-state index contributed by atoms with van der Waals surface area (Å²) in [6.07, 6.45) is 1.75. The molecule has 4 nitrogen and oxygen atoms in total. The molecule has 25 heavy (non-hydrogen) atoms. The van der Waals surface area contributed by atoms with Gasteiger partial charge >= 0.3 is 0 Å². The van der Waals surface area contributed by atoms with Gasteiger partial charge in [-0.05, 0) is 61.4 Å². The van der Waals surface area contributed by atoms with Crippen molar-refractivity contribution in [1.29, 1.82) is 0 Å². The number of thioether (sulfide) groups is 1. The Morgan fingerprint density at radius 1 is 1.28 bits per heavy atom. The van der Waals surface area contributed by atoms with Crippen molar-refractivity contribution >= 4 is 35.5 Å². The number of nitrogens with one attached hydrogen (secondary N) is 1. The predicted octanol–water partition coefficient (Wildman–Crippen LogP) is 4.51. The van der Waals surface area contributed by atoms with E-state index in [1.165, 1.54) is 11.8 Å². The Morgan fingerprint density at radius 2 is 2.04 bits per heavy atom. The molecule has 0 aliphatic rings. The molecule has 1 amide bonds. The number of hydrogen-bond donors (Lipinski definition) is 1. The van der Waals surface area contributed by atoms with Crippen molar-refractivity contribution in [1.82, 2.24) is 5.43 Å². The molecule has 0 spiro atoms. The third-order valence-corrected chi connectivity index (χ3v) is 4.28. The number of halogens is 1. The first-order valence-electron chi connectivity index (χ1n) is 7.94. The summed E-state index contributed by atoms with van der Waals surface area (Å²) in [7, 11) is 0. The van der Waals surface area contributed by atoms with Gasteiger partial charge in [0, 0.05) is 10.8 Å². The number of ether oxygens (including phenoxy) is 1. The summed E-state index contributed by atoms with van der Waals surface area (Å²) in [6.45, 7) is 3.96. The lowest BCUT2D eigenvalue weighted by Gasteiger charge is -2.09. The molecule has 0 aliphatic carbocycles. The highest BCUT2D eigenvalue weighted by Crippen LogP contribution is 2.16. The maximum Gasteiger partial charge on any atom is 0.250 e. The third-order valence-electron chi connectivity index (χ3n) is 3.05. The molecule has 132 valence electrons. The van der Waals surface area contributed by atoms with Crippen LogP contribution in [0.1, 0.15) is 25.0 Å². The molecule has 0 aromatic heterocycles. The molecular formula is C19H21ClN2O2S. The van der Waals surface area contributed by atoms with Crippen LogP contribution in [0.3, 0.4) is 0 Å². The molecule has 0 atom stereocenters. The zero-order valence-electron chi connectivity index (χ0n) is 14.2. The number of carbonyl (C=O) groups excluding carboxylic acids is 1. The summed E-state index contributed by atoms with van der Waals surface area (Å²) in [5.41, 5.74) is 4.51. The monoisotopic (exact) mass is 376 g/mol. The van der Waals surface area contributed by atoms with Gasteiger partial charge in [-0.15, -0.1) is 11.8 Å². The van der Waals surface area contributed by atoms with Crippen LogP contribution in [0, 0.1) is 0 Å². The smallest absolute Gasteiger partial charge is 0.250 e. The van der Waals surface area contributed by atoms with Gasteiger partial charge in [0.05, 0.1) is 18.1 Å². The van der Waals surface area contributed by atoms with Crippen LogP contribution in [-0.4, -0.2) is 24.0 Å². The Bertz CT molecular complexity index is 718. The Hall–Kier alpha value is -1.98. The van der Waals surface area contributed by atoms with Crippen LogP contribution in [0.15, 0.2) is 53.6 Å². The summed E-state index contributed by atoms with van der Waals surface area (Å²) < 4.78 is 5.57. The summed E-state index contributed by atoms with van der Waals surface area (Å²) in [6, 6.07) is 15.2. The lowest BCUT2D eigenvalue weighted by molar-refractivity contribution is -0.118. The Kier molecular flexibility index (Phi) is 7.82. The number of hydrazone groups is 1. The Balaban J connectivity index is 1.71. The first kappa shape index (κ1) is 19.3. The first-order chi connectivity index (χ1) is 12.0. The van der Waals surface area contributed by atoms with Crippen molar-refractivity contribution in [2.24, 2.45) is 5.10 Å². The molecule has 1 N–H and O–H groups in total. The number of nitrogens with zero attached hydrogens (tertiary/aromatic N) is 1. The van der Waals surface area contributed by atoms with Crippen molar-refractivity contribution < 1.29 is 9.53 Å². The van der Waals surface area contributed by atoms with Crippen molar-refractivity contribution in [3.63, 3.8) is 0 Å². The average Bonchev–Trinajstić information content (AvgIpc) is 2.56. The SMILES string of the molecule is CC(C)Oc1ccc(C=NNC(=O)CSCc2cccc(Cl)c2)cc1. The van der Waals surface area contributed by atoms with E-state index in [4.69, 9.17) is 16.3 Å². The van der Waals surface area contributed by atoms with Crippen LogP contribution in [-0.2, 0) is 10.5 Å². The normalized spacial score (nSPS) is 11.0. The molecule has 0 saturated heterocycles. The largest absolute Gasteiger partial charge is 0.491 e. The van der Waals surface area contributed by atoms with Gasteiger partial charge in [-0.2, -0.15) is 5.10 Å². The summed E-state index contributed by atoms with van der Waals surface area (Å²) in [5.74, 6) is 1.75. The highest BCUT2D eigenvalue weighted by molar-refractivity contribution is 7.99. The molecule has 6 heteroatoms. The molecule has 2 aromatic carbocycles. The van der Waals surface area contributed by atoms with Crippen LogP contribution in [0.25, 0.3) is 0 Å². The van der Waals surface area contributed by atoms with Gasteiger partial charge in [0.1, 0.15) is 5.75 Å². The second-order valence-electron chi connectivity index (χ2n) is 5.65. The van der Waals surface area contributed by atoms with Crippen LogP contribution in [0.4, 0.5) is 0 Å². The van der Waals surface area contributed by atoms with E-state index in [0.717, 1.165) is 22.6 Å². The second kappa shape index (κ2) is 10.1. The van der Waals surface area contributed by atoms with Crippen molar-refractivity contribution in [3.8, 4) is 5.75 Å². The number of carbonyl (C=O) groups is 1. The first-order valence-corrected chi connectivity index (χ1v) is 9.47. The zero-order valence-corrected chi connectivity index (χ0v) is 15.8. The number of rotatable bonds is 8. The minimum atomic E-state index is -0.136. The van der Waals surface area contributed by atoms with Gasteiger partial charge < -0.3 is 4.74 Å². The van der Waals surface area contributed by atoms with Crippen LogP contribution < -0.4 is 10.2 Å². The van der Waals surface area contributed by atoms with Gasteiger partial charge in [0.2, 0.25) is 5.91 Å². The van der Waals surface area contributed by atoms with E-state index in [2.05, 4.69) is 10.5 Å². The van der Waals surface area contributed by atoms with Crippen LogP contribution >= 0.6 is 23.4 Å². The van der Waals surface area contributed by atoms with E-state index in [1.807, 2.05) is 62.4 Å². The molecule has 0 saturated carbocycles. The number of amides is 1. The van der Waals surface area contributed by atoms with Gasteiger partial charge in [-0.1, -0.05) is 23.7 Å². The molecule has 2 aromatic rings.